The normalized spacial score (nSPS) is 14.5. The zero-order valence-corrected chi connectivity index (χ0v) is 45.0. The Hall–Kier alpha value is -5.42. The van der Waals surface area contributed by atoms with Crippen molar-refractivity contribution in [3.63, 3.8) is 0 Å². The molecule has 71 heavy (non-hydrogen) atoms. The maximum atomic E-state index is 13.2. The van der Waals surface area contributed by atoms with Gasteiger partial charge in [-0.2, -0.15) is 4.31 Å². The van der Waals surface area contributed by atoms with Crippen LogP contribution in [0, 0.1) is 27.7 Å². The van der Waals surface area contributed by atoms with E-state index in [-0.39, 0.29) is 41.8 Å². The Labute approximate surface area is 422 Å². The van der Waals surface area contributed by atoms with E-state index in [9.17, 15) is 26.4 Å². The first-order chi connectivity index (χ1) is 33.9. The van der Waals surface area contributed by atoms with E-state index in [4.69, 9.17) is 9.47 Å². The van der Waals surface area contributed by atoms with Gasteiger partial charge in [-0.05, 0) is 106 Å². The number of rotatable bonds is 21. The van der Waals surface area contributed by atoms with E-state index >= 15 is 0 Å². The molecule has 392 valence electrons. The average molecular weight is 1030 g/mol. The van der Waals surface area contributed by atoms with Crippen molar-refractivity contribution in [1.29, 1.82) is 0 Å². The Morgan fingerprint density at radius 3 is 1.41 bits per heavy atom. The number of ether oxygens (including phenoxy) is 3. The predicted molar refractivity (Wildman–Crippen MR) is 279 cm³/mol. The third-order valence-corrected chi connectivity index (χ3v) is 16.9. The Bertz CT molecular complexity index is 2450. The van der Waals surface area contributed by atoms with Crippen LogP contribution in [0.25, 0.3) is 0 Å². The molecule has 1 N–H and O–H groups in total. The second-order valence-electron chi connectivity index (χ2n) is 17.5. The lowest BCUT2D eigenvalue weighted by molar-refractivity contribution is -0.130. The third-order valence-electron chi connectivity index (χ3n) is 12.6. The number of likely N-dealkylation sites (N-methyl/N-ethyl adjacent to an activating group) is 3. The molecule has 0 spiro atoms. The first-order valence-corrected chi connectivity index (χ1v) is 26.7. The molecule has 2 aromatic carbocycles. The fourth-order valence-corrected chi connectivity index (χ4v) is 11.5. The van der Waals surface area contributed by atoms with Gasteiger partial charge in [0, 0.05) is 155 Å². The molecule has 2 aromatic heterocycles. The molecule has 0 unspecified atom stereocenters. The van der Waals surface area contributed by atoms with Crippen molar-refractivity contribution < 1.29 is 40.6 Å². The summed E-state index contributed by atoms with van der Waals surface area (Å²) in [7, 11) is 2.51. The Kier molecular flexibility index (Phi) is 23.4. The molecule has 0 atom stereocenters. The van der Waals surface area contributed by atoms with E-state index in [1.165, 1.54) is 36.9 Å². The number of methoxy groups -OCH3 is 2. The first-order valence-electron chi connectivity index (χ1n) is 23.8. The number of pyridine rings is 2. The predicted octanol–water partition coefficient (Wildman–Crippen LogP) is 3.53. The van der Waals surface area contributed by atoms with Crippen LogP contribution in [0.1, 0.15) is 28.7 Å². The monoisotopic (exact) mass is 1020 g/mol. The number of benzene rings is 2. The lowest BCUT2D eigenvalue weighted by Gasteiger charge is -2.36. The van der Waals surface area contributed by atoms with Crippen LogP contribution in [0.3, 0.4) is 0 Å². The molecule has 0 saturated carbocycles. The maximum absolute atomic E-state index is 13.2. The van der Waals surface area contributed by atoms with Crippen LogP contribution in [-0.2, 0) is 34.4 Å². The van der Waals surface area contributed by atoms with Gasteiger partial charge in [-0.15, -0.1) is 0 Å². The van der Waals surface area contributed by atoms with Crippen molar-refractivity contribution in [1.82, 2.24) is 38.6 Å². The second-order valence-corrected chi connectivity index (χ2v) is 21.5. The number of piperazine rings is 2. The topological polar surface area (TPSA) is 191 Å². The largest absolute Gasteiger partial charge is 0.497 e. The second kappa shape index (κ2) is 28.6. The molecule has 6 rings (SSSR count). The van der Waals surface area contributed by atoms with Crippen LogP contribution in [0.5, 0.6) is 11.5 Å². The molecule has 0 radical (unpaired) electrons. The summed E-state index contributed by atoms with van der Waals surface area (Å²) in [6.45, 7) is 19.4. The fourth-order valence-electron chi connectivity index (χ4n) is 8.35. The van der Waals surface area contributed by atoms with Crippen molar-refractivity contribution in [3.05, 3.63) is 95.6 Å². The SMILES string of the molecule is CNCCN1CCN(c2ccncc2)CC1.COc1cc(C)c(S(=O)(=O)N(C)CCC(=O)N(C)CCN2CCN(c3ccncc3)CC2)c(C)c1.COc1cc(C)c(S(=O)(=O)N(C)CCOC=O)c(C)c1. The van der Waals surface area contributed by atoms with Gasteiger partial charge >= 0.3 is 0 Å². The van der Waals surface area contributed by atoms with E-state index in [1.807, 2.05) is 44.0 Å². The molecule has 19 nitrogen and oxygen atoms in total. The van der Waals surface area contributed by atoms with Gasteiger partial charge in [0.05, 0.1) is 24.0 Å². The highest BCUT2D eigenvalue weighted by Crippen LogP contribution is 2.29. The number of aryl methyl sites for hydroxylation is 4. The average Bonchev–Trinajstić information content (AvgIpc) is 3.37. The van der Waals surface area contributed by atoms with Crippen molar-refractivity contribution in [2.45, 2.75) is 43.9 Å². The highest BCUT2D eigenvalue weighted by Gasteiger charge is 2.28. The summed E-state index contributed by atoms with van der Waals surface area (Å²) in [5, 5.41) is 3.19. The fraction of sp³-hybridized carbons (Fsp3) is 0.520. The summed E-state index contributed by atoms with van der Waals surface area (Å²) in [5.41, 5.74) is 4.96. The quantitative estimate of drug-likeness (QED) is 0.0942. The van der Waals surface area contributed by atoms with Gasteiger partial charge < -0.3 is 34.2 Å². The molecule has 0 bridgehead atoms. The summed E-state index contributed by atoms with van der Waals surface area (Å²) in [6.07, 6.45) is 7.48. The van der Waals surface area contributed by atoms with Crippen molar-refractivity contribution in [3.8, 4) is 11.5 Å². The van der Waals surface area contributed by atoms with Gasteiger partial charge in [0.25, 0.3) is 6.47 Å². The number of nitrogens with zero attached hydrogens (tertiary/aromatic N) is 9. The molecule has 2 saturated heterocycles. The smallest absolute Gasteiger partial charge is 0.293 e. The first kappa shape index (κ1) is 58.2. The van der Waals surface area contributed by atoms with Crippen LogP contribution in [-0.4, -0.2) is 203 Å². The minimum absolute atomic E-state index is 0.0213. The molecule has 0 aliphatic carbocycles. The Balaban J connectivity index is 0.000000256. The van der Waals surface area contributed by atoms with Crippen LogP contribution < -0.4 is 24.6 Å². The molecular formula is C50H76N10O9S2. The van der Waals surface area contributed by atoms with E-state index in [2.05, 4.69) is 51.8 Å². The Morgan fingerprint density at radius 1 is 0.634 bits per heavy atom. The molecule has 2 aliphatic heterocycles. The van der Waals surface area contributed by atoms with E-state index in [0.717, 1.165) is 76.3 Å². The molecule has 2 aliphatic rings. The summed E-state index contributed by atoms with van der Waals surface area (Å²) in [6, 6.07) is 15.0. The zero-order chi connectivity index (χ0) is 52.1. The number of amides is 1. The number of hydrogen-bond donors (Lipinski definition) is 1. The molecule has 4 heterocycles. The van der Waals surface area contributed by atoms with Gasteiger partial charge in [0.2, 0.25) is 26.0 Å². The van der Waals surface area contributed by atoms with Crippen LogP contribution in [0.4, 0.5) is 11.4 Å². The van der Waals surface area contributed by atoms with Gasteiger partial charge in [-0.25, -0.2) is 21.1 Å². The van der Waals surface area contributed by atoms with E-state index in [0.29, 0.717) is 46.8 Å². The van der Waals surface area contributed by atoms with E-state index < -0.39 is 20.0 Å². The minimum atomic E-state index is -3.71. The number of aromatic nitrogens is 2. The summed E-state index contributed by atoms with van der Waals surface area (Å²) < 4.78 is 68.6. The van der Waals surface area contributed by atoms with Crippen LogP contribution >= 0.6 is 0 Å². The number of nitrogens with one attached hydrogen (secondary N) is 1. The Morgan fingerprint density at radius 2 is 1.03 bits per heavy atom. The highest BCUT2D eigenvalue weighted by molar-refractivity contribution is 7.89. The third kappa shape index (κ3) is 17.1. The highest BCUT2D eigenvalue weighted by atomic mass is 32.2. The molecule has 1 amide bonds. The number of hydrogen-bond acceptors (Lipinski definition) is 16. The number of anilines is 2. The van der Waals surface area contributed by atoms with Gasteiger partial charge in [0.15, 0.2) is 0 Å². The minimum Gasteiger partial charge on any atom is -0.497 e. The van der Waals surface area contributed by atoms with Crippen molar-refractivity contribution in [2.24, 2.45) is 0 Å². The number of sulfonamides is 2. The lowest BCUT2D eigenvalue weighted by atomic mass is 10.1. The van der Waals surface area contributed by atoms with Crippen LogP contribution in [0.2, 0.25) is 0 Å². The summed E-state index contributed by atoms with van der Waals surface area (Å²) in [4.78, 5) is 42.8. The maximum Gasteiger partial charge on any atom is 0.293 e. The molecule has 21 heteroatoms. The molecular weight excluding hydrogens is 949 g/mol. The van der Waals surface area contributed by atoms with Gasteiger partial charge in [-0.1, -0.05) is 0 Å². The van der Waals surface area contributed by atoms with Gasteiger partial charge in [0.1, 0.15) is 18.1 Å². The number of carbonyl (C=O) groups is 2. The summed E-state index contributed by atoms with van der Waals surface area (Å²) in [5.74, 6) is 1.17. The summed E-state index contributed by atoms with van der Waals surface area (Å²) >= 11 is 0. The zero-order valence-electron chi connectivity index (χ0n) is 43.3. The van der Waals surface area contributed by atoms with Crippen molar-refractivity contribution in [2.75, 3.05) is 150 Å². The molecule has 2 fully saturated rings. The van der Waals surface area contributed by atoms with Crippen molar-refractivity contribution >= 4 is 43.8 Å². The standard InChI is InChI=1S/C25H37N5O4S.C13H19NO5S.C12H20N4/c1-20-18-23(34-5)19-21(2)25(20)35(32,33)28(4)11-8-24(31)27(3)12-13-29-14-16-30(17-15-29)22-6-9-26-10-7-22;1-10-7-12(18-4)8-11(2)13(10)20(16,17)14(3)5-6-19-9-15;1-13-6-7-15-8-10-16(11-9-15)12-2-4-14-5-3-12/h6-7,9-10,18-19H,8,11-17H2,1-5H3;7-9H,5-6H2,1-4H3;2-5,13H,6-11H2,1H3. The number of carbonyl (C=O) groups excluding carboxylic acids is 2. The van der Waals surface area contributed by atoms with Gasteiger partial charge in [-0.3, -0.25) is 29.4 Å². The van der Waals surface area contributed by atoms with Crippen LogP contribution in [0.15, 0.2) is 83.1 Å². The van der Waals surface area contributed by atoms with E-state index in [1.54, 1.807) is 71.0 Å². The lowest BCUT2D eigenvalue weighted by Crippen LogP contribution is -2.48. The molecule has 4 aromatic rings.